The quantitative estimate of drug-likeness (QED) is 0.691. The Bertz CT molecular complexity index is 388. The molecular formula is C16H29NO5. The summed E-state index contributed by atoms with van der Waals surface area (Å²) in [5, 5.41) is 22.9. The van der Waals surface area contributed by atoms with Crippen molar-refractivity contribution in [1.82, 2.24) is 5.32 Å². The van der Waals surface area contributed by atoms with Crippen LogP contribution in [0.15, 0.2) is 12.2 Å². The first-order valence-corrected chi connectivity index (χ1v) is 7.76. The Morgan fingerprint density at radius 1 is 1.23 bits per heavy atom. The second kappa shape index (κ2) is 7.94. The molecule has 0 aromatic carbocycles. The summed E-state index contributed by atoms with van der Waals surface area (Å²) in [6.45, 7) is 9.35. The summed E-state index contributed by atoms with van der Waals surface area (Å²) in [7, 11) is 0. The average Bonchev–Trinajstić information content (AvgIpc) is 2.31. The first kappa shape index (κ1) is 18.9. The highest BCUT2D eigenvalue weighted by atomic mass is 16.6. The SMILES string of the molecule is CC(C)NC(=O)OC1/C=C/C(O)CC(OC(C)(C)C)C(O)C1. The molecule has 4 unspecified atom stereocenters. The number of carbonyl (C=O) groups is 1. The molecule has 0 fully saturated rings. The molecule has 128 valence electrons. The largest absolute Gasteiger partial charge is 0.442 e. The molecule has 1 aliphatic carbocycles. The minimum atomic E-state index is -0.823. The lowest BCUT2D eigenvalue weighted by Crippen LogP contribution is -2.42. The summed E-state index contributed by atoms with van der Waals surface area (Å²) >= 11 is 0. The van der Waals surface area contributed by atoms with Crippen molar-refractivity contribution in [2.75, 3.05) is 0 Å². The van der Waals surface area contributed by atoms with Crippen LogP contribution >= 0.6 is 0 Å². The molecule has 0 radical (unpaired) electrons. The molecule has 0 bridgehead atoms. The third-order valence-electron chi connectivity index (χ3n) is 3.09. The standard InChI is InChI=1S/C16H29NO5/c1-10(2)17-15(20)21-12-7-6-11(18)8-14(13(19)9-12)22-16(3,4)5/h6-7,10-14,18-19H,8-9H2,1-5H3,(H,17,20)/b7-6+. The summed E-state index contributed by atoms with van der Waals surface area (Å²) in [5.41, 5.74) is -0.431. The second-order valence-electron chi connectivity index (χ2n) is 7.00. The van der Waals surface area contributed by atoms with Crippen LogP contribution in [0.2, 0.25) is 0 Å². The predicted molar refractivity (Wildman–Crippen MR) is 83.6 cm³/mol. The summed E-state index contributed by atoms with van der Waals surface area (Å²) in [6, 6.07) is -0.0301. The number of ether oxygens (including phenoxy) is 2. The van der Waals surface area contributed by atoms with E-state index in [9.17, 15) is 15.0 Å². The molecule has 0 aliphatic heterocycles. The maximum Gasteiger partial charge on any atom is 0.407 e. The molecular weight excluding hydrogens is 286 g/mol. The van der Waals surface area contributed by atoms with Crippen LogP contribution in [0.3, 0.4) is 0 Å². The topological polar surface area (TPSA) is 88.0 Å². The van der Waals surface area contributed by atoms with Gasteiger partial charge in [-0.1, -0.05) is 6.08 Å². The van der Waals surface area contributed by atoms with Gasteiger partial charge >= 0.3 is 6.09 Å². The van der Waals surface area contributed by atoms with Crippen molar-refractivity contribution < 1.29 is 24.5 Å². The molecule has 3 N–H and O–H groups in total. The number of nitrogens with one attached hydrogen (secondary N) is 1. The first-order chi connectivity index (χ1) is 10.1. The summed E-state index contributed by atoms with van der Waals surface area (Å²) in [5.74, 6) is 0. The highest BCUT2D eigenvalue weighted by Crippen LogP contribution is 2.23. The molecule has 1 aliphatic rings. The monoisotopic (exact) mass is 315 g/mol. The molecule has 1 amide bonds. The molecule has 0 saturated heterocycles. The highest BCUT2D eigenvalue weighted by Gasteiger charge is 2.31. The molecule has 0 saturated carbocycles. The van der Waals surface area contributed by atoms with Crippen LogP contribution in [0.25, 0.3) is 0 Å². The Morgan fingerprint density at radius 2 is 1.86 bits per heavy atom. The summed E-state index contributed by atoms with van der Waals surface area (Å²) in [6.07, 6.45) is 0.501. The van der Waals surface area contributed by atoms with E-state index in [0.717, 1.165) is 0 Å². The van der Waals surface area contributed by atoms with E-state index in [1.165, 1.54) is 0 Å². The van der Waals surface area contributed by atoms with E-state index in [2.05, 4.69) is 5.32 Å². The summed E-state index contributed by atoms with van der Waals surface area (Å²) < 4.78 is 11.1. The zero-order valence-electron chi connectivity index (χ0n) is 14.1. The van der Waals surface area contributed by atoms with Gasteiger partial charge in [-0.3, -0.25) is 0 Å². The van der Waals surface area contributed by atoms with Gasteiger partial charge in [0.1, 0.15) is 6.10 Å². The van der Waals surface area contributed by atoms with Crippen molar-refractivity contribution in [2.24, 2.45) is 0 Å². The Balaban J connectivity index is 2.72. The fourth-order valence-corrected chi connectivity index (χ4v) is 2.27. The number of rotatable bonds is 3. The Morgan fingerprint density at radius 3 is 2.41 bits per heavy atom. The van der Waals surface area contributed by atoms with Crippen LogP contribution in [0.4, 0.5) is 4.79 Å². The van der Waals surface area contributed by atoms with Crippen LogP contribution in [0.1, 0.15) is 47.5 Å². The van der Waals surface area contributed by atoms with Crippen LogP contribution < -0.4 is 5.32 Å². The van der Waals surface area contributed by atoms with E-state index in [1.807, 2.05) is 34.6 Å². The smallest absolute Gasteiger partial charge is 0.407 e. The van der Waals surface area contributed by atoms with Crippen LogP contribution in [0.5, 0.6) is 0 Å². The normalized spacial score (nSPS) is 31.3. The van der Waals surface area contributed by atoms with Crippen molar-refractivity contribution in [3.05, 3.63) is 12.2 Å². The van der Waals surface area contributed by atoms with Gasteiger partial charge in [-0.05, 0) is 40.7 Å². The molecule has 22 heavy (non-hydrogen) atoms. The van der Waals surface area contributed by atoms with Crippen molar-refractivity contribution in [2.45, 2.75) is 83.5 Å². The van der Waals surface area contributed by atoms with Gasteiger partial charge in [0.2, 0.25) is 0 Å². The molecule has 1 rings (SSSR count). The Hall–Kier alpha value is -1.11. The molecule has 0 aromatic rings. The number of aliphatic hydroxyl groups excluding tert-OH is 2. The van der Waals surface area contributed by atoms with Gasteiger partial charge < -0.3 is 25.0 Å². The maximum absolute atomic E-state index is 11.7. The molecule has 0 spiro atoms. The number of hydrogen-bond acceptors (Lipinski definition) is 5. The van der Waals surface area contributed by atoms with Gasteiger partial charge in [0, 0.05) is 18.9 Å². The Labute approximate surface area is 132 Å². The molecule has 0 aromatic heterocycles. The number of hydrogen-bond donors (Lipinski definition) is 3. The van der Waals surface area contributed by atoms with E-state index in [-0.39, 0.29) is 12.5 Å². The van der Waals surface area contributed by atoms with E-state index in [4.69, 9.17) is 9.47 Å². The van der Waals surface area contributed by atoms with Crippen LogP contribution in [-0.2, 0) is 9.47 Å². The lowest BCUT2D eigenvalue weighted by atomic mass is 9.96. The third-order valence-corrected chi connectivity index (χ3v) is 3.09. The zero-order valence-corrected chi connectivity index (χ0v) is 14.1. The fourth-order valence-electron chi connectivity index (χ4n) is 2.27. The highest BCUT2D eigenvalue weighted by molar-refractivity contribution is 5.67. The van der Waals surface area contributed by atoms with Crippen LogP contribution in [0, 0.1) is 0 Å². The Kier molecular flexibility index (Phi) is 6.84. The molecule has 0 heterocycles. The van der Waals surface area contributed by atoms with Crippen molar-refractivity contribution >= 4 is 6.09 Å². The zero-order chi connectivity index (χ0) is 16.9. The van der Waals surface area contributed by atoms with Crippen LogP contribution in [-0.4, -0.2) is 52.4 Å². The number of aliphatic hydroxyl groups is 2. The van der Waals surface area contributed by atoms with Gasteiger partial charge in [-0.25, -0.2) is 4.79 Å². The number of amides is 1. The van der Waals surface area contributed by atoms with Gasteiger partial charge in [-0.15, -0.1) is 0 Å². The van der Waals surface area contributed by atoms with Gasteiger partial charge in [0.05, 0.1) is 23.9 Å². The fraction of sp³-hybridized carbons (Fsp3) is 0.812. The second-order valence-corrected chi connectivity index (χ2v) is 7.00. The maximum atomic E-state index is 11.7. The van der Waals surface area contributed by atoms with Gasteiger partial charge in [-0.2, -0.15) is 0 Å². The average molecular weight is 315 g/mol. The predicted octanol–water partition coefficient (Wildman–Crippen LogP) is 1.75. The van der Waals surface area contributed by atoms with E-state index < -0.39 is 36.1 Å². The molecule has 6 nitrogen and oxygen atoms in total. The summed E-state index contributed by atoms with van der Waals surface area (Å²) in [4.78, 5) is 11.7. The molecule has 6 heteroatoms. The van der Waals surface area contributed by atoms with E-state index in [0.29, 0.717) is 6.42 Å². The van der Waals surface area contributed by atoms with Crippen molar-refractivity contribution in [1.29, 1.82) is 0 Å². The molecule has 4 atom stereocenters. The van der Waals surface area contributed by atoms with Crippen molar-refractivity contribution in [3.63, 3.8) is 0 Å². The number of carbonyl (C=O) groups excluding carboxylic acids is 1. The van der Waals surface area contributed by atoms with E-state index >= 15 is 0 Å². The van der Waals surface area contributed by atoms with E-state index in [1.54, 1.807) is 12.2 Å². The van der Waals surface area contributed by atoms with Gasteiger partial charge in [0.25, 0.3) is 0 Å². The lowest BCUT2D eigenvalue weighted by molar-refractivity contribution is -0.129. The number of alkyl carbamates (subject to hydrolysis) is 1. The lowest BCUT2D eigenvalue weighted by Gasteiger charge is -2.34. The van der Waals surface area contributed by atoms with Crippen molar-refractivity contribution in [3.8, 4) is 0 Å². The first-order valence-electron chi connectivity index (χ1n) is 7.76. The van der Waals surface area contributed by atoms with Gasteiger partial charge in [0.15, 0.2) is 0 Å². The third kappa shape index (κ3) is 7.24. The minimum Gasteiger partial charge on any atom is -0.442 e. The minimum absolute atomic E-state index is 0.0301.